The van der Waals surface area contributed by atoms with Gasteiger partial charge in [-0.1, -0.05) is 6.07 Å². The van der Waals surface area contributed by atoms with E-state index in [1.807, 2.05) is 11.4 Å². The Kier molecular flexibility index (Phi) is 8.08. The van der Waals surface area contributed by atoms with E-state index in [0.29, 0.717) is 12.2 Å². The second kappa shape index (κ2) is 10.5. The van der Waals surface area contributed by atoms with E-state index in [1.165, 1.54) is 17.0 Å². The molecule has 2 rings (SSSR count). The van der Waals surface area contributed by atoms with Gasteiger partial charge in [0.15, 0.2) is 6.61 Å². The van der Waals surface area contributed by atoms with Crippen molar-refractivity contribution in [2.24, 2.45) is 0 Å². The summed E-state index contributed by atoms with van der Waals surface area (Å²) in [7, 11) is 1.58. The van der Waals surface area contributed by atoms with E-state index in [4.69, 9.17) is 4.74 Å². The van der Waals surface area contributed by atoms with Crippen LogP contribution in [0.5, 0.6) is 0 Å². The molecule has 1 heterocycles. The van der Waals surface area contributed by atoms with E-state index in [-0.39, 0.29) is 11.3 Å². The molecule has 0 unspecified atom stereocenters. The molecule has 144 valence electrons. The van der Waals surface area contributed by atoms with Crippen LogP contribution in [0.25, 0.3) is 0 Å². The zero-order valence-electron chi connectivity index (χ0n) is 14.6. The van der Waals surface area contributed by atoms with Crippen LogP contribution in [0.2, 0.25) is 0 Å². The summed E-state index contributed by atoms with van der Waals surface area (Å²) in [5, 5.41) is 18.3. The quantitative estimate of drug-likeness (QED) is 0.269. The first-order chi connectivity index (χ1) is 13.0. The van der Waals surface area contributed by atoms with Gasteiger partial charge < -0.3 is 15.4 Å². The predicted octanol–water partition coefficient (Wildman–Crippen LogP) is 2.90. The molecule has 2 aromatic rings. The van der Waals surface area contributed by atoms with Crippen molar-refractivity contribution in [1.82, 2.24) is 5.32 Å². The maximum atomic E-state index is 12.1. The number of thiophene rings is 1. The Morgan fingerprint density at radius 3 is 2.81 bits per heavy atom. The van der Waals surface area contributed by atoms with Gasteiger partial charge in [0.2, 0.25) is 0 Å². The normalized spacial score (nSPS) is 10.3. The van der Waals surface area contributed by atoms with Crippen LogP contribution in [0.1, 0.15) is 15.2 Å². The van der Waals surface area contributed by atoms with E-state index >= 15 is 0 Å². The van der Waals surface area contributed by atoms with Crippen LogP contribution in [0.15, 0.2) is 35.7 Å². The molecule has 0 aliphatic carbocycles. The SMILES string of the molecule is CNc1ccc([N+](=O)[O-])cc1C(=O)OCC(=O)NCCSCc1cccs1. The van der Waals surface area contributed by atoms with Crippen molar-refractivity contribution in [2.45, 2.75) is 5.75 Å². The van der Waals surface area contributed by atoms with Gasteiger partial charge >= 0.3 is 5.97 Å². The number of hydrogen-bond donors (Lipinski definition) is 2. The molecule has 0 saturated carbocycles. The zero-order chi connectivity index (χ0) is 19.6. The van der Waals surface area contributed by atoms with Crippen molar-refractivity contribution in [3.05, 3.63) is 56.3 Å². The average Bonchev–Trinajstić information content (AvgIpc) is 3.18. The highest BCUT2D eigenvalue weighted by Crippen LogP contribution is 2.22. The number of anilines is 1. The van der Waals surface area contributed by atoms with Gasteiger partial charge in [-0.25, -0.2) is 4.79 Å². The van der Waals surface area contributed by atoms with E-state index in [2.05, 4.69) is 16.7 Å². The van der Waals surface area contributed by atoms with Gasteiger partial charge in [0.25, 0.3) is 11.6 Å². The van der Waals surface area contributed by atoms with Crippen molar-refractivity contribution >= 4 is 46.3 Å². The minimum absolute atomic E-state index is 0.00556. The second-order valence-corrected chi connectivity index (χ2v) is 7.43. The van der Waals surface area contributed by atoms with Gasteiger partial charge in [-0.05, 0) is 17.5 Å². The van der Waals surface area contributed by atoms with E-state index in [0.717, 1.165) is 17.6 Å². The first kappa shape index (κ1) is 20.7. The zero-order valence-corrected chi connectivity index (χ0v) is 16.2. The topological polar surface area (TPSA) is 111 Å². The average molecular weight is 409 g/mol. The lowest BCUT2D eigenvalue weighted by atomic mass is 10.1. The van der Waals surface area contributed by atoms with Gasteiger partial charge in [-0.15, -0.1) is 11.3 Å². The van der Waals surface area contributed by atoms with Gasteiger partial charge in [-0.3, -0.25) is 14.9 Å². The Morgan fingerprint density at radius 2 is 2.15 bits per heavy atom. The Balaban J connectivity index is 1.75. The summed E-state index contributed by atoms with van der Waals surface area (Å²) < 4.78 is 4.96. The fraction of sp³-hybridized carbons (Fsp3) is 0.294. The number of carbonyl (C=O) groups excluding carboxylic acids is 2. The van der Waals surface area contributed by atoms with Crippen LogP contribution in [-0.2, 0) is 15.3 Å². The van der Waals surface area contributed by atoms with Crippen molar-refractivity contribution in [2.75, 3.05) is 31.3 Å². The Labute approximate surface area is 164 Å². The van der Waals surface area contributed by atoms with Crippen LogP contribution in [-0.4, -0.2) is 42.8 Å². The lowest BCUT2D eigenvalue weighted by Gasteiger charge is -2.09. The number of thioether (sulfide) groups is 1. The molecule has 0 aliphatic rings. The van der Waals surface area contributed by atoms with Crippen molar-refractivity contribution < 1.29 is 19.2 Å². The Bertz CT molecular complexity index is 796. The lowest BCUT2D eigenvalue weighted by molar-refractivity contribution is -0.384. The van der Waals surface area contributed by atoms with Gasteiger partial charge in [0.1, 0.15) is 0 Å². The molecule has 0 aliphatic heterocycles. The summed E-state index contributed by atoms with van der Waals surface area (Å²) in [6, 6.07) is 7.87. The predicted molar refractivity (Wildman–Crippen MR) is 106 cm³/mol. The number of non-ortho nitro benzene ring substituents is 1. The Hall–Kier alpha value is -2.59. The molecule has 1 aromatic heterocycles. The maximum Gasteiger partial charge on any atom is 0.341 e. The fourth-order valence-corrected chi connectivity index (χ4v) is 3.82. The first-order valence-corrected chi connectivity index (χ1v) is 10.0. The minimum atomic E-state index is -0.801. The van der Waals surface area contributed by atoms with Gasteiger partial charge in [0, 0.05) is 47.8 Å². The van der Waals surface area contributed by atoms with Gasteiger partial charge in [0.05, 0.1) is 10.5 Å². The number of nitrogens with one attached hydrogen (secondary N) is 2. The van der Waals surface area contributed by atoms with Crippen LogP contribution < -0.4 is 10.6 Å². The van der Waals surface area contributed by atoms with Crippen LogP contribution >= 0.6 is 23.1 Å². The van der Waals surface area contributed by atoms with Crippen LogP contribution in [0.3, 0.4) is 0 Å². The number of esters is 1. The third kappa shape index (κ3) is 6.57. The number of nitro groups is 1. The van der Waals surface area contributed by atoms with Crippen molar-refractivity contribution in [3.63, 3.8) is 0 Å². The minimum Gasteiger partial charge on any atom is -0.452 e. The highest BCUT2D eigenvalue weighted by Gasteiger charge is 2.18. The largest absolute Gasteiger partial charge is 0.452 e. The van der Waals surface area contributed by atoms with Gasteiger partial charge in [-0.2, -0.15) is 11.8 Å². The maximum absolute atomic E-state index is 12.1. The summed E-state index contributed by atoms with van der Waals surface area (Å²) in [4.78, 5) is 35.5. The number of nitro benzene ring substituents is 1. The molecule has 0 saturated heterocycles. The second-order valence-electron chi connectivity index (χ2n) is 5.30. The molecular weight excluding hydrogens is 390 g/mol. The van der Waals surface area contributed by atoms with Crippen molar-refractivity contribution in [3.8, 4) is 0 Å². The number of amides is 1. The molecular formula is C17H19N3O5S2. The standard InChI is InChI=1S/C17H19N3O5S2/c1-18-15-5-4-12(20(23)24)9-14(15)17(22)25-10-16(21)19-6-8-26-11-13-3-2-7-27-13/h2-5,7,9,18H,6,8,10-11H2,1H3,(H,19,21). The molecule has 0 fully saturated rings. The van der Waals surface area contributed by atoms with E-state index in [1.54, 1.807) is 30.1 Å². The summed E-state index contributed by atoms with van der Waals surface area (Å²) in [5.41, 5.74) is 0.162. The molecule has 27 heavy (non-hydrogen) atoms. The summed E-state index contributed by atoms with van der Waals surface area (Å²) >= 11 is 3.39. The molecule has 0 radical (unpaired) electrons. The number of benzene rings is 1. The van der Waals surface area contributed by atoms with E-state index in [9.17, 15) is 19.7 Å². The Morgan fingerprint density at radius 1 is 1.33 bits per heavy atom. The highest BCUT2D eigenvalue weighted by atomic mass is 32.2. The number of ether oxygens (including phenoxy) is 1. The molecule has 0 bridgehead atoms. The number of rotatable bonds is 10. The number of hydrogen-bond acceptors (Lipinski definition) is 8. The monoisotopic (exact) mass is 409 g/mol. The number of carbonyl (C=O) groups is 2. The van der Waals surface area contributed by atoms with E-state index < -0.39 is 23.4 Å². The molecule has 2 N–H and O–H groups in total. The fourth-order valence-electron chi connectivity index (χ4n) is 2.12. The smallest absolute Gasteiger partial charge is 0.341 e. The lowest BCUT2D eigenvalue weighted by Crippen LogP contribution is -2.30. The molecule has 1 aromatic carbocycles. The van der Waals surface area contributed by atoms with Crippen LogP contribution in [0, 0.1) is 10.1 Å². The van der Waals surface area contributed by atoms with Crippen LogP contribution in [0.4, 0.5) is 11.4 Å². The third-order valence-electron chi connectivity index (χ3n) is 3.43. The van der Waals surface area contributed by atoms with Crippen molar-refractivity contribution in [1.29, 1.82) is 0 Å². The summed E-state index contributed by atoms with van der Waals surface area (Å²) in [5.74, 6) is 0.413. The highest BCUT2D eigenvalue weighted by molar-refractivity contribution is 7.98. The number of nitrogens with zero attached hydrogens (tertiary/aromatic N) is 1. The molecule has 10 heteroatoms. The molecule has 0 atom stereocenters. The summed E-state index contributed by atoms with van der Waals surface area (Å²) in [6.07, 6.45) is 0. The first-order valence-electron chi connectivity index (χ1n) is 8.01. The third-order valence-corrected chi connectivity index (χ3v) is 5.50. The molecule has 0 spiro atoms. The summed E-state index contributed by atoms with van der Waals surface area (Å²) in [6.45, 7) is 0.0191. The molecule has 1 amide bonds. The molecule has 8 nitrogen and oxygen atoms in total.